The fourth-order valence-electron chi connectivity index (χ4n) is 2.60. The van der Waals surface area contributed by atoms with E-state index in [1.54, 1.807) is 11.6 Å². The Kier molecular flexibility index (Phi) is 5.04. The van der Waals surface area contributed by atoms with Gasteiger partial charge < -0.3 is 10.3 Å². The first-order valence-electron chi connectivity index (χ1n) is 6.73. The number of nitrogens with zero attached hydrogens (tertiary/aromatic N) is 4. The van der Waals surface area contributed by atoms with Gasteiger partial charge >= 0.3 is 0 Å². The summed E-state index contributed by atoms with van der Waals surface area (Å²) in [6, 6.07) is 2.27. The number of pyridine rings is 1. The number of rotatable bonds is 3. The first kappa shape index (κ1) is 17.8. The van der Waals surface area contributed by atoms with Crippen molar-refractivity contribution in [2.24, 2.45) is 12.8 Å². The summed E-state index contributed by atoms with van der Waals surface area (Å²) < 4.78 is 41.7. The van der Waals surface area contributed by atoms with Crippen LogP contribution in [-0.2, 0) is 17.1 Å². The van der Waals surface area contributed by atoms with E-state index in [1.165, 1.54) is 35.2 Å². The Bertz CT molecular complexity index is 797. The summed E-state index contributed by atoms with van der Waals surface area (Å²) in [5, 5.41) is -0.0376. The molecule has 0 radical (unpaired) electrons. The van der Waals surface area contributed by atoms with Gasteiger partial charge in [0.05, 0.1) is 12.0 Å². The molecule has 7 nitrogen and oxygen atoms in total. The number of aryl methyl sites for hydroxylation is 1. The van der Waals surface area contributed by atoms with Crippen LogP contribution in [0.15, 0.2) is 35.9 Å². The van der Waals surface area contributed by atoms with Crippen LogP contribution < -0.4 is 5.73 Å². The molecule has 2 aromatic heterocycles. The lowest BCUT2D eigenvalue weighted by molar-refractivity contribution is 0.465. The topological polar surface area (TPSA) is 94.1 Å². The Morgan fingerprint density at radius 1 is 1.35 bits per heavy atom. The molecule has 0 aromatic carbocycles. The Labute approximate surface area is 139 Å². The quantitative estimate of drug-likeness (QED) is 0.858. The summed E-state index contributed by atoms with van der Waals surface area (Å²) >= 11 is 0. The Balaban J connectivity index is 0.00000192. The number of sulfonamides is 1. The molecule has 126 valence electrons. The van der Waals surface area contributed by atoms with E-state index < -0.39 is 27.8 Å². The van der Waals surface area contributed by atoms with Crippen LogP contribution in [0.2, 0.25) is 0 Å². The van der Waals surface area contributed by atoms with Crippen molar-refractivity contribution in [3.05, 3.63) is 42.4 Å². The fraction of sp³-hybridized carbons (Fsp3) is 0.385. The number of hydrogen-bond donors (Lipinski definition) is 1. The number of aromatic nitrogens is 3. The predicted molar refractivity (Wildman–Crippen MR) is 84.1 cm³/mol. The zero-order valence-electron chi connectivity index (χ0n) is 12.3. The average molecular weight is 362 g/mol. The Morgan fingerprint density at radius 3 is 2.70 bits per heavy atom. The highest BCUT2D eigenvalue weighted by Gasteiger charge is 2.40. The van der Waals surface area contributed by atoms with Crippen molar-refractivity contribution in [3.63, 3.8) is 0 Å². The molecule has 3 heterocycles. The smallest absolute Gasteiger partial charge is 0.262 e. The maximum Gasteiger partial charge on any atom is 0.262 e. The minimum atomic E-state index is -3.73. The number of halogens is 2. The van der Waals surface area contributed by atoms with Gasteiger partial charge in [-0.2, -0.15) is 4.31 Å². The molecule has 3 rings (SSSR count). The van der Waals surface area contributed by atoms with Gasteiger partial charge in [0, 0.05) is 44.5 Å². The predicted octanol–water partition coefficient (Wildman–Crippen LogP) is 0.491. The van der Waals surface area contributed by atoms with Crippen LogP contribution in [0, 0.1) is 5.82 Å². The SMILES string of the molecule is Cl.Cn1cnc(S(=O)(=O)N2CC(N)C(c3ncccc3F)C2)c1. The molecule has 1 aliphatic heterocycles. The second-order valence-corrected chi connectivity index (χ2v) is 7.23. The molecule has 2 N–H and O–H groups in total. The highest BCUT2D eigenvalue weighted by atomic mass is 35.5. The lowest BCUT2D eigenvalue weighted by Crippen LogP contribution is -2.32. The van der Waals surface area contributed by atoms with E-state index >= 15 is 0 Å². The molecule has 1 fully saturated rings. The summed E-state index contributed by atoms with van der Waals surface area (Å²) in [5.41, 5.74) is 6.21. The highest BCUT2D eigenvalue weighted by molar-refractivity contribution is 7.89. The van der Waals surface area contributed by atoms with Crippen LogP contribution in [0.5, 0.6) is 0 Å². The van der Waals surface area contributed by atoms with Gasteiger partial charge in [0.25, 0.3) is 10.0 Å². The molecule has 0 spiro atoms. The molecule has 10 heteroatoms. The van der Waals surface area contributed by atoms with Crippen molar-refractivity contribution < 1.29 is 12.8 Å². The maximum atomic E-state index is 13.9. The average Bonchev–Trinajstić information content (AvgIpc) is 3.06. The van der Waals surface area contributed by atoms with Crippen LogP contribution in [0.1, 0.15) is 11.6 Å². The standard InChI is InChI=1S/C13H16FN5O2S.ClH/c1-18-7-12(17-8-18)22(20,21)19-5-9(11(15)6-19)13-10(14)3-2-4-16-13;/h2-4,7-9,11H,5-6,15H2,1H3;1H. The molecule has 0 saturated carbocycles. The number of imidazole rings is 1. The zero-order chi connectivity index (χ0) is 15.9. The van der Waals surface area contributed by atoms with Crippen molar-refractivity contribution in [3.8, 4) is 0 Å². The lowest BCUT2D eigenvalue weighted by Gasteiger charge is -2.15. The minimum Gasteiger partial charge on any atom is -0.339 e. The van der Waals surface area contributed by atoms with Gasteiger partial charge in [-0.15, -0.1) is 12.4 Å². The fourth-order valence-corrected chi connectivity index (χ4v) is 4.07. The molecular formula is C13H17ClFN5O2S. The summed E-state index contributed by atoms with van der Waals surface area (Å²) in [7, 11) is -2.05. The van der Waals surface area contributed by atoms with Gasteiger partial charge in [0.2, 0.25) is 0 Å². The summed E-state index contributed by atoms with van der Waals surface area (Å²) in [5.74, 6) is -0.945. The molecule has 2 aromatic rings. The maximum absolute atomic E-state index is 13.9. The van der Waals surface area contributed by atoms with Gasteiger partial charge in [-0.1, -0.05) is 0 Å². The molecule has 1 aliphatic rings. The molecule has 0 bridgehead atoms. The molecular weight excluding hydrogens is 345 g/mol. The number of hydrogen-bond acceptors (Lipinski definition) is 5. The number of nitrogens with two attached hydrogens (primary N) is 1. The normalized spacial score (nSPS) is 22.0. The molecule has 2 unspecified atom stereocenters. The van der Waals surface area contributed by atoms with Crippen LogP contribution in [0.25, 0.3) is 0 Å². The third-order valence-electron chi connectivity index (χ3n) is 3.76. The van der Waals surface area contributed by atoms with Crippen LogP contribution >= 0.6 is 12.4 Å². The molecule has 23 heavy (non-hydrogen) atoms. The first-order valence-corrected chi connectivity index (χ1v) is 8.17. The third-order valence-corrected chi connectivity index (χ3v) is 5.47. The summed E-state index contributed by atoms with van der Waals surface area (Å²) in [6.07, 6.45) is 4.31. The van der Waals surface area contributed by atoms with E-state index in [-0.39, 0.29) is 36.2 Å². The van der Waals surface area contributed by atoms with Crippen molar-refractivity contribution in [2.45, 2.75) is 17.0 Å². The second-order valence-electron chi connectivity index (χ2n) is 5.34. The Morgan fingerprint density at radius 2 is 2.09 bits per heavy atom. The lowest BCUT2D eigenvalue weighted by atomic mass is 9.99. The van der Waals surface area contributed by atoms with Crippen LogP contribution in [0.3, 0.4) is 0 Å². The third kappa shape index (κ3) is 3.23. The Hall–Kier alpha value is -1.55. The van der Waals surface area contributed by atoms with Gasteiger partial charge in [-0.05, 0) is 12.1 Å². The molecule has 0 amide bonds. The minimum absolute atomic E-state index is 0. The van der Waals surface area contributed by atoms with Crippen molar-refractivity contribution in [2.75, 3.05) is 13.1 Å². The van der Waals surface area contributed by atoms with Crippen LogP contribution in [-0.4, -0.2) is 46.4 Å². The van der Waals surface area contributed by atoms with Gasteiger partial charge in [-0.25, -0.2) is 17.8 Å². The van der Waals surface area contributed by atoms with Crippen molar-refractivity contribution in [1.82, 2.24) is 18.8 Å². The van der Waals surface area contributed by atoms with Crippen molar-refractivity contribution in [1.29, 1.82) is 0 Å². The monoisotopic (exact) mass is 361 g/mol. The van der Waals surface area contributed by atoms with E-state index in [4.69, 9.17) is 5.73 Å². The van der Waals surface area contributed by atoms with Gasteiger partial charge in [0.1, 0.15) is 5.82 Å². The molecule has 0 aliphatic carbocycles. The van der Waals surface area contributed by atoms with Gasteiger partial charge in [0.15, 0.2) is 5.03 Å². The van der Waals surface area contributed by atoms with Crippen molar-refractivity contribution >= 4 is 22.4 Å². The molecule has 2 atom stereocenters. The van der Waals surface area contributed by atoms with E-state index in [9.17, 15) is 12.8 Å². The zero-order valence-corrected chi connectivity index (χ0v) is 14.0. The van der Waals surface area contributed by atoms with E-state index in [2.05, 4.69) is 9.97 Å². The summed E-state index contributed by atoms with van der Waals surface area (Å²) in [4.78, 5) is 7.88. The van der Waals surface area contributed by atoms with Crippen LogP contribution in [0.4, 0.5) is 4.39 Å². The largest absolute Gasteiger partial charge is 0.339 e. The highest BCUT2D eigenvalue weighted by Crippen LogP contribution is 2.30. The van der Waals surface area contributed by atoms with E-state index in [1.807, 2.05) is 0 Å². The summed E-state index contributed by atoms with van der Waals surface area (Å²) in [6.45, 7) is 0.202. The first-order chi connectivity index (χ1) is 10.4. The van der Waals surface area contributed by atoms with E-state index in [0.29, 0.717) is 0 Å². The second kappa shape index (κ2) is 6.52. The van der Waals surface area contributed by atoms with E-state index in [0.717, 1.165) is 0 Å². The molecule has 1 saturated heterocycles. The van der Waals surface area contributed by atoms with Gasteiger partial charge in [-0.3, -0.25) is 4.98 Å².